The minimum Gasteiger partial charge on any atom is -0.395 e. The van der Waals surface area contributed by atoms with Gasteiger partial charge in [-0.15, -0.1) is 11.3 Å². The van der Waals surface area contributed by atoms with Gasteiger partial charge >= 0.3 is 0 Å². The van der Waals surface area contributed by atoms with Crippen LogP contribution in [-0.2, 0) is 6.54 Å². The maximum atomic E-state index is 9.11. The molecule has 26 heavy (non-hydrogen) atoms. The number of para-hydroxylation sites is 1. The highest BCUT2D eigenvalue weighted by Gasteiger charge is 2.20. The van der Waals surface area contributed by atoms with Crippen LogP contribution in [0, 0.1) is 0 Å². The van der Waals surface area contributed by atoms with Crippen LogP contribution in [0.1, 0.15) is 4.88 Å². The second-order valence-electron chi connectivity index (χ2n) is 6.37. The lowest BCUT2D eigenvalue weighted by Crippen LogP contribution is -2.47. The summed E-state index contributed by atoms with van der Waals surface area (Å²) < 4.78 is 0. The predicted molar refractivity (Wildman–Crippen MR) is 107 cm³/mol. The third-order valence-electron chi connectivity index (χ3n) is 4.67. The molecule has 1 aromatic carbocycles. The van der Waals surface area contributed by atoms with Crippen molar-refractivity contribution in [3.05, 3.63) is 46.7 Å². The number of nitrogens with one attached hydrogen (secondary N) is 1. The van der Waals surface area contributed by atoms with E-state index < -0.39 is 0 Å². The minimum atomic E-state index is 0.212. The maximum absolute atomic E-state index is 9.11. The largest absolute Gasteiger partial charge is 0.395 e. The summed E-state index contributed by atoms with van der Waals surface area (Å²) in [6.45, 7) is 5.32. The van der Waals surface area contributed by atoms with E-state index in [2.05, 4.69) is 38.7 Å². The number of anilines is 2. The van der Waals surface area contributed by atoms with E-state index in [1.807, 2.05) is 18.2 Å². The molecule has 3 heterocycles. The van der Waals surface area contributed by atoms with E-state index in [-0.39, 0.29) is 6.61 Å². The second kappa shape index (κ2) is 7.99. The van der Waals surface area contributed by atoms with Gasteiger partial charge in [0.1, 0.15) is 5.82 Å². The number of hydrogen-bond donors (Lipinski definition) is 2. The van der Waals surface area contributed by atoms with Gasteiger partial charge in [0, 0.05) is 43.0 Å². The molecule has 2 aromatic heterocycles. The first-order valence-corrected chi connectivity index (χ1v) is 9.82. The molecule has 0 unspecified atom stereocenters. The number of aromatic nitrogens is 2. The number of piperazine rings is 1. The molecule has 1 saturated heterocycles. The summed E-state index contributed by atoms with van der Waals surface area (Å²) in [4.78, 5) is 15.4. The van der Waals surface area contributed by atoms with E-state index in [9.17, 15) is 0 Å². The Bertz CT molecular complexity index is 846. The molecule has 0 radical (unpaired) electrons. The lowest BCUT2D eigenvalue weighted by atomic mass is 10.2. The summed E-state index contributed by atoms with van der Waals surface area (Å²) in [5.41, 5.74) is 0.962. The Kier molecular flexibility index (Phi) is 5.29. The van der Waals surface area contributed by atoms with Crippen molar-refractivity contribution in [1.29, 1.82) is 0 Å². The van der Waals surface area contributed by atoms with E-state index in [1.165, 1.54) is 4.88 Å². The zero-order valence-corrected chi connectivity index (χ0v) is 15.5. The fourth-order valence-corrected chi connectivity index (χ4v) is 3.88. The predicted octanol–water partition coefficient (Wildman–Crippen LogP) is 2.42. The number of β-amino-alcohol motifs (C(OH)–C–C–N with tert-alkyl or cyclic N) is 1. The molecule has 0 saturated carbocycles. The first-order chi connectivity index (χ1) is 12.8. The van der Waals surface area contributed by atoms with E-state index in [4.69, 9.17) is 15.1 Å². The lowest BCUT2D eigenvalue weighted by molar-refractivity contribution is 0.188. The molecule has 1 aliphatic heterocycles. The number of aliphatic hydroxyl groups excluding tert-OH is 1. The van der Waals surface area contributed by atoms with Gasteiger partial charge in [-0.3, -0.25) is 4.90 Å². The van der Waals surface area contributed by atoms with Crippen LogP contribution in [0.5, 0.6) is 0 Å². The summed E-state index contributed by atoms with van der Waals surface area (Å²) in [7, 11) is 0. The highest BCUT2D eigenvalue weighted by Crippen LogP contribution is 2.25. The van der Waals surface area contributed by atoms with Crippen LogP contribution in [0.25, 0.3) is 10.9 Å². The Hall–Kier alpha value is -2.22. The Balaban J connectivity index is 1.57. The first kappa shape index (κ1) is 17.2. The minimum absolute atomic E-state index is 0.212. The molecule has 2 N–H and O–H groups in total. The summed E-state index contributed by atoms with van der Waals surface area (Å²) in [5.74, 6) is 1.66. The summed E-state index contributed by atoms with van der Waals surface area (Å²) >= 11 is 1.74. The van der Waals surface area contributed by atoms with Crippen molar-refractivity contribution in [2.24, 2.45) is 0 Å². The number of fused-ring (bicyclic) bond motifs is 1. The second-order valence-corrected chi connectivity index (χ2v) is 7.41. The maximum Gasteiger partial charge on any atom is 0.227 e. The van der Waals surface area contributed by atoms with Gasteiger partial charge in [0.25, 0.3) is 0 Å². The van der Waals surface area contributed by atoms with Crippen molar-refractivity contribution in [2.75, 3.05) is 49.5 Å². The van der Waals surface area contributed by atoms with Crippen molar-refractivity contribution in [3.63, 3.8) is 0 Å². The molecule has 0 atom stereocenters. The average Bonchev–Trinajstić information content (AvgIpc) is 3.20. The molecule has 0 aliphatic carbocycles. The molecular weight excluding hydrogens is 346 g/mol. The van der Waals surface area contributed by atoms with Gasteiger partial charge in [0.2, 0.25) is 5.95 Å². The van der Waals surface area contributed by atoms with Gasteiger partial charge in [0.05, 0.1) is 18.7 Å². The van der Waals surface area contributed by atoms with Crippen molar-refractivity contribution in [3.8, 4) is 0 Å². The van der Waals surface area contributed by atoms with Gasteiger partial charge in [-0.25, -0.2) is 4.98 Å². The lowest BCUT2D eigenvalue weighted by Gasteiger charge is -2.34. The molecule has 1 aliphatic rings. The molecule has 6 nitrogen and oxygen atoms in total. The van der Waals surface area contributed by atoms with E-state index in [1.54, 1.807) is 11.3 Å². The normalized spacial score (nSPS) is 15.5. The quantitative estimate of drug-likeness (QED) is 0.696. The van der Waals surface area contributed by atoms with Gasteiger partial charge in [0.15, 0.2) is 0 Å². The highest BCUT2D eigenvalue weighted by molar-refractivity contribution is 7.09. The number of nitrogens with zero attached hydrogens (tertiary/aromatic N) is 4. The Morgan fingerprint density at radius 3 is 2.65 bits per heavy atom. The zero-order chi connectivity index (χ0) is 17.8. The van der Waals surface area contributed by atoms with Gasteiger partial charge in [-0.2, -0.15) is 4.98 Å². The standard InChI is InChI=1S/C19H23N5OS/c25-12-11-23-7-9-24(10-8-23)19-21-17-6-2-1-5-16(17)18(22-19)20-14-15-4-3-13-26-15/h1-6,13,25H,7-12,14H2,(H,20,21,22). The highest BCUT2D eigenvalue weighted by atomic mass is 32.1. The SMILES string of the molecule is OCCN1CCN(c2nc(NCc3cccs3)c3ccccc3n2)CC1. The number of rotatable bonds is 6. The van der Waals surface area contributed by atoms with Crippen molar-refractivity contribution >= 4 is 34.0 Å². The number of benzene rings is 1. The number of hydrogen-bond acceptors (Lipinski definition) is 7. The fraction of sp³-hybridized carbons (Fsp3) is 0.368. The third-order valence-corrected chi connectivity index (χ3v) is 5.55. The van der Waals surface area contributed by atoms with E-state index >= 15 is 0 Å². The Labute approximate surface area is 157 Å². The molecule has 136 valence electrons. The van der Waals surface area contributed by atoms with Crippen LogP contribution in [0.3, 0.4) is 0 Å². The molecular formula is C19H23N5OS. The van der Waals surface area contributed by atoms with Crippen LogP contribution in [-0.4, -0.2) is 59.3 Å². The smallest absolute Gasteiger partial charge is 0.227 e. The molecule has 7 heteroatoms. The summed E-state index contributed by atoms with van der Waals surface area (Å²) in [6.07, 6.45) is 0. The average molecular weight is 369 g/mol. The molecule has 0 amide bonds. The molecule has 0 spiro atoms. The van der Waals surface area contributed by atoms with E-state index in [0.29, 0.717) is 0 Å². The topological polar surface area (TPSA) is 64.5 Å². The Morgan fingerprint density at radius 1 is 1.04 bits per heavy atom. The summed E-state index contributed by atoms with van der Waals surface area (Å²) in [5, 5.41) is 15.7. The van der Waals surface area contributed by atoms with Crippen LogP contribution < -0.4 is 10.2 Å². The van der Waals surface area contributed by atoms with Gasteiger partial charge in [-0.05, 0) is 23.6 Å². The van der Waals surface area contributed by atoms with Crippen molar-refractivity contribution in [2.45, 2.75) is 6.54 Å². The number of aliphatic hydroxyl groups is 1. The Morgan fingerprint density at radius 2 is 1.88 bits per heavy atom. The fourth-order valence-electron chi connectivity index (χ4n) is 3.24. The zero-order valence-electron chi connectivity index (χ0n) is 14.6. The van der Waals surface area contributed by atoms with Gasteiger partial charge < -0.3 is 15.3 Å². The number of thiophene rings is 1. The first-order valence-electron chi connectivity index (χ1n) is 8.95. The van der Waals surface area contributed by atoms with Crippen LogP contribution in [0.2, 0.25) is 0 Å². The van der Waals surface area contributed by atoms with Crippen LogP contribution >= 0.6 is 11.3 Å². The molecule has 1 fully saturated rings. The van der Waals surface area contributed by atoms with Crippen molar-refractivity contribution in [1.82, 2.24) is 14.9 Å². The third kappa shape index (κ3) is 3.80. The summed E-state index contributed by atoms with van der Waals surface area (Å²) in [6, 6.07) is 12.3. The van der Waals surface area contributed by atoms with Crippen LogP contribution in [0.15, 0.2) is 41.8 Å². The molecule has 4 rings (SSSR count). The van der Waals surface area contributed by atoms with Crippen molar-refractivity contribution < 1.29 is 5.11 Å². The van der Waals surface area contributed by atoms with Crippen LogP contribution in [0.4, 0.5) is 11.8 Å². The monoisotopic (exact) mass is 369 g/mol. The van der Waals surface area contributed by atoms with Gasteiger partial charge in [-0.1, -0.05) is 18.2 Å². The molecule has 0 bridgehead atoms. The van der Waals surface area contributed by atoms with E-state index in [0.717, 1.165) is 61.9 Å². The molecule has 3 aromatic rings.